The van der Waals surface area contributed by atoms with Gasteiger partial charge in [0, 0.05) is 18.5 Å². The molecule has 0 amide bonds. The molecule has 0 unspecified atom stereocenters. The quantitative estimate of drug-likeness (QED) is 0.612. The lowest BCUT2D eigenvalue weighted by Gasteiger charge is -2.38. The third kappa shape index (κ3) is 1.55. The molecule has 1 aliphatic heterocycles. The van der Waals surface area contributed by atoms with E-state index >= 15 is 0 Å². The van der Waals surface area contributed by atoms with E-state index in [0.29, 0.717) is 0 Å². The normalized spacial score (nSPS) is 20.6. The summed E-state index contributed by atoms with van der Waals surface area (Å²) in [6, 6.07) is 5.14. The van der Waals surface area contributed by atoms with Crippen molar-refractivity contribution in [2.45, 2.75) is 25.8 Å². The van der Waals surface area contributed by atoms with E-state index in [1.54, 1.807) is 12.1 Å². The summed E-state index contributed by atoms with van der Waals surface area (Å²) >= 11 is 0. The van der Waals surface area contributed by atoms with Gasteiger partial charge >= 0.3 is 0 Å². The fraction of sp³-hybridized carbons (Fsp3) is 0.500. The molecule has 14 heavy (non-hydrogen) atoms. The van der Waals surface area contributed by atoms with Crippen molar-refractivity contribution in [3.05, 3.63) is 35.1 Å². The maximum Gasteiger partial charge on any atom is 0.123 e. The van der Waals surface area contributed by atoms with Crippen molar-refractivity contribution in [2.75, 3.05) is 13.6 Å². The molecule has 0 saturated heterocycles. The zero-order chi connectivity index (χ0) is 10.3. The van der Waals surface area contributed by atoms with Crippen LogP contribution in [0.25, 0.3) is 0 Å². The molecule has 76 valence electrons. The van der Waals surface area contributed by atoms with Gasteiger partial charge < -0.3 is 4.90 Å². The van der Waals surface area contributed by atoms with Gasteiger partial charge in [0.1, 0.15) is 5.82 Å². The minimum Gasteiger partial charge on any atom is -0.301 e. The molecule has 0 aromatic heterocycles. The fourth-order valence-corrected chi connectivity index (χ4v) is 2.42. The molecule has 1 aromatic carbocycles. The van der Waals surface area contributed by atoms with Crippen LogP contribution >= 0.6 is 0 Å². The summed E-state index contributed by atoms with van der Waals surface area (Å²) in [5.41, 5.74) is 2.48. The molecule has 1 heterocycles. The molecule has 0 spiro atoms. The highest BCUT2D eigenvalue weighted by molar-refractivity contribution is 5.36. The summed E-state index contributed by atoms with van der Waals surface area (Å²) in [5, 5.41) is 0. The van der Waals surface area contributed by atoms with Crippen LogP contribution in [-0.4, -0.2) is 18.5 Å². The molecule has 0 atom stereocenters. The van der Waals surface area contributed by atoms with Gasteiger partial charge in [-0.3, -0.25) is 0 Å². The van der Waals surface area contributed by atoms with Crippen LogP contribution in [0.2, 0.25) is 0 Å². The van der Waals surface area contributed by atoms with Crippen molar-refractivity contribution in [1.82, 2.24) is 4.90 Å². The SMILES string of the molecule is CN1Cc2ccc(F)cc2C(C)(C)C1. The molecule has 1 aromatic rings. The van der Waals surface area contributed by atoms with Crippen LogP contribution in [0.3, 0.4) is 0 Å². The Bertz CT molecular complexity index is 357. The second-order valence-corrected chi connectivity index (χ2v) is 4.86. The van der Waals surface area contributed by atoms with Crippen molar-refractivity contribution in [3.63, 3.8) is 0 Å². The Labute approximate surface area is 84.5 Å². The third-order valence-corrected chi connectivity index (χ3v) is 2.91. The molecule has 0 radical (unpaired) electrons. The highest BCUT2D eigenvalue weighted by atomic mass is 19.1. The molecule has 1 nitrogen and oxygen atoms in total. The maximum absolute atomic E-state index is 13.1. The van der Waals surface area contributed by atoms with E-state index in [0.717, 1.165) is 18.7 Å². The lowest BCUT2D eigenvalue weighted by molar-refractivity contribution is 0.235. The van der Waals surface area contributed by atoms with Gasteiger partial charge in [0.2, 0.25) is 0 Å². The summed E-state index contributed by atoms with van der Waals surface area (Å²) < 4.78 is 13.1. The van der Waals surface area contributed by atoms with Crippen LogP contribution < -0.4 is 0 Å². The largest absolute Gasteiger partial charge is 0.301 e. The summed E-state index contributed by atoms with van der Waals surface area (Å²) in [5.74, 6) is -0.124. The first kappa shape index (κ1) is 9.66. The van der Waals surface area contributed by atoms with Crippen molar-refractivity contribution in [1.29, 1.82) is 0 Å². The van der Waals surface area contributed by atoms with Crippen LogP contribution in [0, 0.1) is 5.82 Å². The predicted molar refractivity (Wildman–Crippen MR) is 55.8 cm³/mol. The number of fused-ring (bicyclic) bond motifs is 1. The lowest BCUT2D eigenvalue weighted by Crippen LogP contribution is -2.39. The van der Waals surface area contributed by atoms with Gasteiger partial charge in [-0.1, -0.05) is 19.9 Å². The average Bonchev–Trinajstić information content (AvgIpc) is 2.05. The Hall–Kier alpha value is -0.890. The second-order valence-electron chi connectivity index (χ2n) is 4.86. The third-order valence-electron chi connectivity index (χ3n) is 2.91. The van der Waals surface area contributed by atoms with E-state index < -0.39 is 0 Å². The summed E-state index contributed by atoms with van der Waals surface area (Å²) in [7, 11) is 2.11. The van der Waals surface area contributed by atoms with Crippen LogP contribution in [0.15, 0.2) is 18.2 Å². The van der Waals surface area contributed by atoms with Crippen LogP contribution in [0.4, 0.5) is 4.39 Å². The molecule has 0 aliphatic carbocycles. The molecule has 1 aliphatic rings. The minimum atomic E-state index is -0.124. The monoisotopic (exact) mass is 193 g/mol. The molecule has 2 heteroatoms. The molecule has 0 saturated carbocycles. The van der Waals surface area contributed by atoms with Crippen LogP contribution in [0.5, 0.6) is 0 Å². The van der Waals surface area contributed by atoms with E-state index in [9.17, 15) is 4.39 Å². The van der Waals surface area contributed by atoms with E-state index in [2.05, 4.69) is 25.8 Å². The number of hydrogen-bond acceptors (Lipinski definition) is 1. The van der Waals surface area contributed by atoms with Crippen molar-refractivity contribution in [3.8, 4) is 0 Å². The molecular formula is C12H16FN. The van der Waals surface area contributed by atoms with Crippen molar-refractivity contribution >= 4 is 0 Å². The number of halogens is 1. The molecule has 0 bridgehead atoms. The Morgan fingerprint density at radius 1 is 1.36 bits per heavy atom. The topological polar surface area (TPSA) is 3.24 Å². The number of likely N-dealkylation sites (N-methyl/N-ethyl adjacent to an activating group) is 1. The van der Waals surface area contributed by atoms with Gasteiger partial charge in [0.25, 0.3) is 0 Å². The summed E-state index contributed by atoms with van der Waals surface area (Å²) in [6.45, 7) is 6.25. The standard InChI is InChI=1S/C12H16FN/c1-12(2)8-14(3)7-9-4-5-10(13)6-11(9)12/h4-6H,7-8H2,1-3H3. The first-order chi connectivity index (χ1) is 6.49. The van der Waals surface area contributed by atoms with Gasteiger partial charge in [-0.2, -0.15) is 0 Å². The van der Waals surface area contributed by atoms with E-state index in [4.69, 9.17) is 0 Å². The van der Waals surface area contributed by atoms with E-state index in [1.165, 1.54) is 5.56 Å². The van der Waals surface area contributed by atoms with Gasteiger partial charge in [0.15, 0.2) is 0 Å². The van der Waals surface area contributed by atoms with Crippen LogP contribution in [0.1, 0.15) is 25.0 Å². The maximum atomic E-state index is 13.1. The first-order valence-electron chi connectivity index (χ1n) is 4.96. The van der Waals surface area contributed by atoms with Crippen molar-refractivity contribution in [2.24, 2.45) is 0 Å². The molecule has 2 rings (SSSR count). The Kier molecular flexibility index (Phi) is 2.11. The van der Waals surface area contributed by atoms with Gasteiger partial charge in [0.05, 0.1) is 0 Å². The number of benzene rings is 1. The molecule has 0 fully saturated rings. The number of nitrogens with zero attached hydrogens (tertiary/aromatic N) is 1. The van der Waals surface area contributed by atoms with Crippen LogP contribution in [-0.2, 0) is 12.0 Å². The molecule has 0 N–H and O–H groups in total. The van der Waals surface area contributed by atoms with Gasteiger partial charge in [-0.25, -0.2) is 4.39 Å². The minimum absolute atomic E-state index is 0.0600. The molecular weight excluding hydrogens is 177 g/mol. The van der Waals surface area contributed by atoms with E-state index in [-0.39, 0.29) is 11.2 Å². The summed E-state index contributed by atoms with van der Waals surface area (Å²) in [4.78, 5) is 2.28. The highest BCUT2D eigenvalue weighted by Gasteiger charge is 2.30. The highest BCUT2D eigenvalue weighted by Crippen LogP contribution is 2.32. The Morgan fingerprint density at radius 2 is 2.07 bits per heavy atom. The predicted octanol–water partition coefficient (Wildman–Crippen LogP) is 2.55. The van der Waals surface area contributed by atoms with Gasteiger partial charge in [-0.15, -0.1) is 0 Å². The second kappa shape index (κ2) is 3.06. The number of rotatable bonds is 0. The smallest absolute Gasteiger partial charge is 0.123 e. The first-order valence-corrected chi connectivity index (χ1v) is 4.96. The van der Waals surface area contributed by atoms with E-state index in [1.807, 2.05) is 6.07 Å². The Morgan fingerprint density at radius 3 is 2.79 bits per heavy atom. The lowest BCUT2D eigenvalue weighted by atomic mass is 9.78. The zero-order valence-corrected chi connectivity index (χ0v) is 8.97. The Balaban J connectivity index is 2.53. The number of hydrogen-bond donors (Lipinski definition) is 0. The zero-order valence-electron chi connectivity index (χ0n) is 8.97. The fourth-order valence-electron chi connectivity index (χ4n) is 2.42. The van der Waals surface area contributed by atoms with Crippen molar-refractivity contribution < 1.29 is 4.39 Å². The van der Waals surface area contributed by atoms with Gasteiger partial charge in [-0.05, 0) is 30.3 Å². The average molecular weight is 193 g/mol. The summed E-state index contributed by atoms with van der Waals surface area (Å²) in [6.07, 6.45) is 0.